The number of methoxy groups -OCH3 is 1. The maximum absolute atomic E-state index is 11.9. The molecule has 2 heterocycles. The number of anilines is 1. The number of hydrogen-bond donors (Lipinski definition) is 1. The van der Waals surface area contributed by atoms with Crippen molar-refractivity contribution in [2.45, 2.75) is 12.8 Å². The summed E-state index contributed by atoms with van der Waals surface area (Å²) in [6.45, 7) is 0. The predicted molar refractivity (Wildman–Crippen MR) is 79.6 cm³/mol. The first-order valence-electron chi connectivity index (χ1n) is 6.36. The van der Waals surface area contributed by atoms with E-state index >= 15 is 0 Å². The Morgan fingerprint density at radius 3 is 3.14 bits per heavy atom. The van der Waals surface area contributed by atoms with Crippen molar-refractivity contribution in [2.75, 3.05) is 12.4 Å². The van der Waals surface area contributed by atoms with Gasteiger partial charge in [-0.05, 0) is 18.2 Å². The molecule has 0 bridgehead atoms. The summed E-state index contributed by atoms with van der Waals surface area (Å²) in [6.07, 6.45) is 3.78. The van der Waals surface area contributed by atoms with Crippen molar-refractivity contribution in [3.05, 3.63) is 36.5 Å². The summed E-state index contributed by atoms with van der Waals surface area (Å²) in [5.41, 5.74) is 1.60. The lowest BCUT2D eigenvalue weighted by Gasteiger charge is -1.99. The number of oxazole rings is 1. The molecule has 0 unspecified atom stereocenters. The lowest BCUT2D eigenvalue weighted by atomic mass is 10.2. The van der Waals surface area contributed by atoms with Crippen molar-refractivity contribution >= 4 is 32.6 Å². The quantitative estimate of drug-likeness (QED) is 0.784. The molecular weight excluding hydrogens is 290 g/mol. The second-order valence-electron chi connectivity index (χ2n) is 4.38. The van der Waals surface area contributed by atoms with E-state index in [0.717, 1.165) is 21.7 Å². The first-order valence-corrected chi connectivity index (χ1v) is 7.18. The molecule has 7 heteroatoms. The minimum atomic E-state index is -0.0935. The molecule has 0 aliphatic heterocycles. The number of thiazole rings is 1. The Bertz CT molecular complexity index is 752. The Kier molecular flexibility index (Phi) is 3.83. The van der Waals surface area contributed by atoms with Crippen LogP contribution < -0.4 is 10.1 Å². The third-order valence-corrected chi connectivity index (χ3v) is 3.87. The highest BCUT2D eigenvalue weighted by atomic mass is 32.1. The third-order valence-electron chi connectivity index (χ3n) is 2.93. The summed E-state index contributed by atoms with van der Waals surface area (Å²) in [5.74, 6) is 0.680. The predicted octanol–water partition coefficient (Wildman–Crippen LogP) is 2.86. The van der Waals surface area contributed by atoms with Crippen molar-refractivity contribution in [1.29, 1.82) is 0 Å². The van der Waals surface area contributed by atoms with Gasteiger partial charge in [0.1, 0.15) is 12.0 Å². The number of aromatic nitrogens is 2. The molecular formula is C14H13N3O3S. The van der Waals surface area contributed by atoms with E-state index in [4.69, 9.17) is 9.15 Å². The van der Waals surface area contributed by atoms with Gasteiger partial charge in [0, 0.05) is 12.8 Å². The van der Waals surface area contributed by atoms with Crippen molar-refractivity contribution in [3.63, 3.8) is 0 Å². The van der Waals surface area contributed by atoms with Crippen LogP contribution in [-0.2, 0) is 11.2 Å². The van der Waals surface area contributed by atoms with Gasteiger partial charge >= 0.3 is 0 Å². The SMILES string of the molecule is COc1ccc2nc(NC(=O)CCc3cocn3)sc2c1. The summed E-state index contributed by atoms with van der Waals surface area (Å²) in [5, 5.41) is 3.39. The molecule has 0 aliphatic carbocycles. The average molecular weight is 303 g/mol. The standard InChI is InChI=1S/C14H13N3O3S/c1-19-10-3-4-11-12(6-10)21-14(16-11)17-13(18)5-2-9-7-20-8-15-9/h3-4,6-8H,2,5H2,1H3,(H,16,17,18). The van der Waals surface area contributed by atoms with Gasteiger partial charge in [-0.2, -0.15) is 0 Å². The van der Waals surface area contributed by atoms with Crippen LogP contribution in [0.1, 0.15) is 12.1 Å². The number of amides is 1. The molecule has 2 aromatic heterocycles. The normalized spacial score (nSPS) is 10.7. The molecule has 6 nitrogen and oxygen atoms in total. The second-order valence-corrected chi connectivity index (χ2v) is 5.41. The molecule has 0 radical (unpaired) electrons. The first kappa shape index (κ1) is 13.6. The molecule has 1 amide bonds. The Hall–Kier alpha value is -2.41. The van der Waals surface area contributed by atoms with E-state index in [1.165, 1.54) is 24.0 Å². The Morgan fingerprint density at radius 1 is 1.48 bits per heavy atom. The molecule has 3 rings (SSSR count). The number of nitrogens with zero attached hydrogens (tertiary/aromatic N) is 2. The highest BCUT2D eigenvalue weighted by molar-refractivity contribution is 7.22. The van der Waals surface area contributed by atoms with Crippen molar-refractivity contribution in [3.8, 4) is 5.75 Å². The van der Waals surface area contributed by atoms with Crippen LogP contribution in [0.4, 0.5) is 5.13 Å². The molecule has 0 saturated heterocycles. The number of carbonyl (C=O) groups excluding carboxylic acids is 1. The monoisotopic (exact) mass is 303 g/mol. The number of nitrogens with one attached hydrogen (secondary N) is 1. The fraction of sp³-hybridized carbons (Fsp3) is 0.214. The van der Waals surface area contributed by atoms with Crippen LogP contribution in [0.25, 0.3) is 10.2 Å². The highest BCUT2D eigenvalue weighted by Crippen LogP contribution is 2.29. The second kappa shape index (κ2) is 5.92. The zero-order chi connectivity index (χ0) is 14.7. The maximum Gasteiger partial charge on any atom is 0.226 e. The smallest absolute Gasteiger partial charge is 0.226 e. The molecule has 0 saturated carbocycles. The van der Waals surface area contributed by atoms with Gasteiger partial charge in [0.05, 0.1) is 23.0 Å². The van der Waals surface area contributed by atoms with E-state index in [-0.39, 0.29) is 5.91 Å². The topological polar surface area (TPSA) is 77.2 Å². The maximum atomic E-state index is 11.9. The molecule has 1 aromatic carbocycles. The highest BCUT2D eigenvalue weighted by Gasteiger charge is 2.09. The number of fused-ring (bicyclic) bond motifs is 1. The number of benzene rings is 1. The number of rotatable bonds is 5. The fourth-order valence-electron chi connectivity index (χ4n) is 1.87. The molecule has 0 spiro atoms. The van der Waals surface area contributed by atoms with Crippen molar-refractivity contribution < 1.29 is 13.9 Å². The molecule has 108 valence electrons. The number of aryl methyl sites for hydroxylation is 1. The van der Waals surface area contributed by atoms with Crippen LogP contribution in [0, 0.1) is 0 Å². The molecule has 3 aromatic rings. The molecule has 0 atom stereocenters. The Morgan fingerprint density at radius 2 is 2.38 bits per heavy atom. The van der Waals surface area contributed by atoms with E-state index in [0.29, 0.717) is 18.0 Å². The van der Waals surface area contributed by atoms with Crippen LogP contribution in [0.5, 0.6) is 5.75 Å². The van der Waals surface area contributed by atoms with E-state index < -0.39 is 0 Å². The summed E-state index contributed by atoms with van der Waals surface area (Å²) in [4.78, 5) is 20.2. The lowest BCUT2D eigenvalue weighted by molar-refractivity contribution is -0.116. The van der Waals surface area contributed by atoms with Gasteiger partial charge in [0.15, 0.2) is 11.5 Å². The number of hydrogen-bond acceptors (Lipinski definition) is 6. The lowest BCUT2D eigenvalue weighted by Crippen LogP contribution is -2.12. The van der Waals surface area contributed by atoms with Crippen molar-refractivity contribution in [1.82, 2.24) is 9.97 Å². The van der Waals surface area contributed by atoms with E-state index in [1.54, 1.807) is 7.11 Å². The van der Waals surface area contributed by atoms with Crippen LogP contribution in [0.15, 0.2) is 35.3 Å². The minimum absolute atomic E-state index is 0.0935. The zero-order valence-corrected chi connectivity index (χ0v) is 12.1. The van der Waals surface area contributed by atoms with Gasteiger partial charge in [-0.15, -0.1) is 0 Å². The van der Waals surface area contributed by atoms with Crippen molar-refractivity contribution in [2.24, 2.45) is 0 Å². The van der Waals surface area contributed by atoms with E-state index in [2.05, 4.69) is 15.3 Å². The van der Waals surface area contributed by atoms with Crippen LogP contribution in [-0.4, -0.2) is 23.0 Å². The average Bonchev–Trinajstić information content (AvgIpc) is 3.13. The van der Waals surface area contributed by atoms with Gasteiger partial charge in [0.2, 0.25) is 5.91 Å². The number of carbonyl (C=O) groups is 1. The van der Waals surface area contributed by atoms with Crippen LogP contribution in [0.2, 0.25) is 0 Å². The molecule has 1 N–H and O–H groups in total. The molecule has 21 heavy (non-hydrogen) atoms. The van der Waals surface area contributed by atoms with Gasteiger partial charge < -0.3 is 14.5 Å². The summed E-state index contributed by atoms with van der Waals surface area (Å²) in [7, 11) is 1.62. The van der Waals surface area contributed by atoms with Gasteiger partial charge in [-0.3, -0.25) is 4.79 Å². The van der Waals surface area contributed by atoms with E-state index in [9.17, 15) is 4.79 Å². The zero-order valence-electron chi connectivity index (χ0n) is 11.3. The summed E-state index contributed by atoms with van der Waals surface area (Å²) < 4.78 is 11.0. The summed E-state index contributed by atoms with van der Waals surface area (Å²) in [6, 6.07) is 5.62. The molecule has 0 fully saturated rings. The van der Waals surface area contributed by atoms with Crippen LogP contribution >= 0.6 is 11.3 Å². The minimum Gasteiger partial charge on any atom is -0.497 e. The van der Waals surface area contributed by atoms with E-state index in [1.807, 2.05) is 18.2 Å². The van der Waals surface area contributed by atoms with Gasteiger partial charge in [-0.1, -0.05) is 11.3 Å². The largest absolute Gasteiger partial charge is 0.497 e. The number of ether oxygens (including phenoxy) is 1. The first-order chi connectivity index (χ1) is 10.2. The summed E-state index contributed by atoms with van der Waals surface area (Å²) >= 11 is 1.42. The van der Waals surface area contributed by atoms with Gasteiger partial charge in [0.25, 0.3) is 0 Å². The van der Waals surface area contributed by atoms with Gasteiger partial charge in [-0.25, -0.2) is 9.97 Å². The Labute approximate surface area is 124 Å². The Balaban J connectivity index is 1.65. The third kappa shape index (κ3) is 3.19. The fourth-order valence-corrected chi connectivity index (χ4v) is 2.78. The van der Waals surface area contributed by atoms with Crippen LogP contribution in [0.3, 0.4) is 0 Å². The molecule has 0 aliphatic rings.